The molecule has 2 amide bonds. The van der Waals surface area contributed by atoms with Gasteiger partial charge in [0.25, 0.3) is 0 Å². The minimum Gasteiger partial charge on any atom is -0.491 e. The number of hydrogen-bond donors (Lipinski definition) is 2. The Bertz CT molecular complexity index is 602. The highest BCUT2D eigenvalue weighted by molar-refractivity contribution is 5.91. The van der Waals surface area contributed by atoms with E-state index >= 15 is 0 Å². The van der Waals surface area contributed by atoms with Gasteiger partial charge in [0.15, 0.2) is 0 Å². The number of urea groups is 1. The van der Waals surface area contributed by atoms with Crippen LogP contribution >= 0.6 is 0 Å². The predicted molar refractivity (Wildman–Crippen MR) is 87.0 cm³/mol. The lowest BCUT2D eigenvalue weighted by atomic mass is 10.1. The van der Waals surface area contributed by atoms with E-state index in [1.54, 1.807) is 12.4 Å². The molecule has 0 aliphatic rings. The van der Waals surface area contributed by atoms with Crippen LogP contribution in [0.4, 0.5) is 10.5 Å². The fourth-order valence-electron chi connectivity index (χ4n) is 2.00. The maximum Gasteiger partial charge on any atom is 0.319 e. The van der Waals surface area contributed by atoms with Crippen LogP contribution in [0, 0.1) is 0 Å². The average Bonchev–Trinajstić information content (AvgIpc) is 2.54. The molecule has 0 saturated carbocycles. The number of carbonyl (C=O) groups excluding carboxylic acids is 1. The van der Waals surface area contributed by atoms with Gasteiger partial charge in [0.2, 0.25) is 0 Å². The quantitative estimate of drug-likeness (QED) is 0.853. The number of nitrogens with zero attached hydrogens (tertiary/aromatic N) is 1. The number of nitrogens with one attached hydrogen (secondary N) is 2. The van der Waals surface area contributed by atoms with Gasteiger partial charge >= 0.3 is 6.03 Å². The van der Waals surface area contributed by atoms with Gasteiger partial charge in [-0.25, -0.2) is 4.79 Å². The van der Waals surface area contributed by atoms with Crippen molar-refractivity contribution >= 4 is 11.7 Å². The van der Waals surface area contributed by atoms with Crippen LogP contribution < -0.4 is 15.4 Å². The minimum atomic E-state index is -0.267. The Morgan fingerprint density at radius 3 is 2.68 bits per heavy atom. The monoisotopic (exact) mass is 299 g/mol. The van der Waals surface area contributed by atoms with Crippen LogP contribution in [0.2, 0.25) is 0 Å². The summed E-state index contributed by atoms with van der Waals surface area (Å²) in [6.07, 6.45) is 4.33. The molecule has 0 bridgehead atoms. The van der Waals surface area contributed by atoms with Gasteiger partial charge in [-0.05, 0) is 43.2 Å². The zero-order chi connectivity index (χ0) is 15.8. The van der Waals surface area contributed by atoms with E-state index in [1.807, 2.05) is 50.2 Å². The summed E-state index contributed by atoms with van der Waals surface area (Å²) in [7, 11) is 0. The summed E-state index contributed by atoms with van der Waals surface area (Å²) in [5, 5.41) is 5.72. The average molecular weight is 299 g/mol. The molecule has 0 saturated heterocycles. The number of benzene rings is 1. The molecule has 2 rings (SSSR count). The van der Waals surface area contributed by atoms with Gasteiger partial charge < -0.3 is 15.4 Å². The molecule has 2 aromatic rings. The van der Waals surface area contributed by atoms with Crippen LogP contribution in [0.3, 0.4) is 0 Å². The molecule has 5 nitrogen and oxygen atoms in total. The van der Waals surface area contributed by atoms with Gasteiger partial charge in [-0.2, -0.15) is 0 Å². The number of anilines is 1. The van der Waals surface area contributed by atoms with Gasteiger partial charge in [0.05, 0.1) is 18.3 Å². The standard InChI is InChI=1S/C17H21N3O2/c1-3-12-22-16-7-5-4-6-15(16)20-17(21)19-13(2)14-8-10-18-11-9-14/h4-11,13H,3,12H2,1-2H3,(H2,19,20,21). The third kappa shape index (κ3) is 4.48. The fraction of sp³-hybridized carbons (Fsp3) is 0.294. The van der Waals surface area contributed by atoms with Crippen molar-refractivity contribution in [2.24, 2.45) is 0 Å². The molecule has 22 heavy (non-hydrogen) atoms. The van der Waals surface area contributed by atoms with Gasteiger partial charge in [0, 0.05) is 12.4 Å². The highest BCUT2D eigenvalue weighted by Crippen LogP contribution is 2.24. The molecule has 0 radical (unpaired) electrons. The Hall–Kier alpha value is -2.56. The zero-order valence-corrected chi connectivity index (χ0v) is 12.9. The second-order valence-electron chi connectivity index (χ2n) is 4.95. The van der Waals surface area contributed by atoms with Crippen LogP contribution in [-0.2, 0) is 0 Å². The number of pyridine rings is 1. The van der Waals surface area contributed by atoms with Gasteiger partial charge in [-0.15, -0.1) is 0 Å². The summed E-state index contributed by atoms with van der Waals surface area (Å²) < 4.78 is 5.63. The second-order valence-corrected chi connectivity index (χ2v) is 4.95. The molecular formula is C17H21N3O2. The van der Waals surface area contributed by atoms with E-state index < -0.39 is 0 Å². The van der Waals surface area contributed by atoms with Gasteiger partial charge in [-0.1, -0.05) is 19.1 Å². The number of hydrogen-bond acceptors (Lipinski definition) is 3. The Kier molecular flexibility index (Phi) is 5.77. The van der Waals surface area contributed by atoms with E-state index in [0.717, 1.165) is 12.0 Å². The topological polar surface area (TPSA) is 63.2 Å². The lowest BCUT2D eigenvalue weighted by Gasteiger charge is -2.16. The molecule has 116 valence electrons. The van der Waals surface area contributed by atoms with Crippen molar-refractivity contribution in [1.82, 2.24) is 10.3 Å². The lowest BCUT2D eigenvalue weighted by Crippen LogP contribution is -2.31. The van der Waals surface area contributed by atoms with Gasteiger partial charge in [-0.3, -0.25) is 4.98 Å². The molecule has 1 aromatic carbocycles. The zero-order valence-electron chi connectivity index (χ0n) is 12.9. The molecular weight excluding hydrogens is 278 g/mol. The van der Waals surface area contributed by atoms with Crippen molar-refractivity contribution in [3.8, 4) is 5.75 Å². The second kappa shape index (κ2) is 8.02. The van der Waals surface area contributed by atoms with Crippen molar-refractivity contribution in [1.29, 1.82) is 0 Å². The maximum absolute atomic E-state index is 12.1. The summed E-state index contributed by atoms with van der Waals surface area (Å²) in [4.78, 5) is 16.1. The molecule has 1 atom stereocenters. The summed E-state index contributed by atoms with van der Waals surface area (Å²) in [6, 6.07) is 10.8. The molecule has 0 aliphatic heterocycles. The third-order valence-electron chi connectivity index (χ3n) is 3.15. The first-order valence-corrected chi connectivity index (χ1v) is 7.40. The van der Waals surface area contributed by atoms with E-state index in [1.165, 1.54) is 0 Å². The maximum atomic E-state index is 12.1. The molecule has 2 N–H and O–H groups in total. The largest absolute Gasteiger partial charge is 0.491 e. The smallest absolute Gasteiger partial charge is 0.319 e. The fourth-order valence-corrected chi connectivity index (χ4v) is 2.00. The van der Waals surface area contributed by atoms with E-state index in [2.05, 4.69) is 15.6 Å². The Morgan fingerprint density at radius 1 is 1.23 bits per heavy atom. The summed E-state index contributed by atoms with van der Waals surface area (Å²) in [5.41, 5.74) is 1.66. The Labute approximate surface area is 130 Å². The highest BCUT2D eigenvalue weighted by Gasteiger charge is 2.11. The van der Waals surface area contributed by atoms with Crippen LogP contribution in [0.1, 0.15) is 31.9 Å². The van der Waals surface area contributed by atoms with Crippen molar-refractivity contribution in [3.05, 3.63) is 54.4 Å². The SMILES string of the molecule is CCCOc1ccccc1NC(=O)NC(C)c1ccncc1. The normalized spacial score (nSPS) is 11.5. The molecule has 1 heterocycles. The summed E-state index contributed by atoms with van der Waals surface area (Å²) in [5.74, 6) is 0.677. The van der Waals surface area contributed by atoms with E-state index in [4.69, 9.17) is 4.74 Å². The predicted octanol–water partition coefficient (Wildman–Crippen LogP) is 3.75. The molecule has 0 aliphatic carbocycles. The van der Waals surface area contributed by atoms with E-state index in [-0.39, 0.29) is 12.1 Å². The molecule has 1 aromatic heterocycles. The summed E-state index contributed by atoms with van der Waals surface area (Å²) in [6.45, 7) is 4.58. The molecule has 0 fully saturated rings. The van der Waals surface area contributed by atoms with Crippen LogP contribution in [0.5, 0.6) is 5.75 Å². The van der Waals surface area contributed by atoms with E-state index in [9.17, 15) is 4.79 Å². The Balaban J connectivity index is 1.97. The lowest BCUT2D eigenvalue weighted by molar-refractivity contribution is 0.249. The number of amides is 2. The first kappa shape index (κ1) is 15.8. The van der Waals surface area contributed by atoms with Crippen LogP contribution in [-0.4, -0.2) is 17.6 Å². The molecule has 1 unspecified atom stereocenters. The molecule has 5 heteroatoms. The van der Waals surface area contributed by atoms with Crippen LogP contribution in [0.15, 0.2) is 48.8 Å². The first-order chi connectivity index (χ1) is 10.7. The van der Waals surface area contributed by atoms with Crippen LogP contribution in [0.25, 0.3) is 0 Å². The number of aromatic nitrogens is 1. The van der Waals surface area contributed by atoms with Gasteiger partial charge in [0.1, 0.15) is 5.75 Å². The van der Waals surface area contributed by atoms with E-state index in [0.29, 0.717) is 18.0 Å². The number of carbonyl (C=O) groups is 1. The Morgan fingerprint density at radius 2 is 1.95 bits per heavy atom. The number of para-hydroxylation sites is 2. The van der Waals surface area contributed by atoms with Crippen molar-refractivity contribution < 1.29 is 9.53 Å². The van der Waals surface area contributed by atoms with Crippen molar-refractivity contribution in [2.75, 3.05) is 11.9 Å². The highest BCUT2D eigenvalue weighted by atomic mass is 16.5. The van der Waals surface area contributed by atoms with Crippen molar-refractivity contribution in [2.45, 2.75) is 26.3 Å². The number of rotatable bonds is 6. The van der Waals surface area contributed by atoms with Crippen molar-refractivity contribution in [3.63, 3.8) is 0 Å². The number of ether oxygens (including phenoxy) is 1. The summed E-state index contributed by atoms with van der Waals surface area (Å²) >= 11 is 0. The first-order valence-electron chi connectivity index (χ1n) is 7.40. The molecule has 0 spiro atoms. The third-order valence-corrected chi connectivity index (χ3v) is 3.15. The minimum absolute atomic E-state index is 0.105.